The fourth-order valence-electron chi connectivity index (χ4n) is 1.85. The zero-order valence-corrected chi connectivity index (χ0v) is 11.7. The predicted octanol–water partition coefficient (Wildman–Crippen LogP) is 2.24. The average molecular weight is 265 g/mol. The molecule has 0 fully saturated rings. The molecular formula is C13H19N3OS. The summed E-state index contributed by atoms with van der Waals surface area (Å²) >= 11 is 1.51. The summed E-state index contributed by atoms with van der Waals surface area (Å²) in [6.07, 6.45) is 3.74. The second-order valence-corrected chi connectivity index (χ2v) is 5.59. The summed E-state index contributed by atoms with van der Waals surface area (Å²) in [5.74, 6) is 0. The SMILES string of the molecule is CC(C)NCCCCn1cnc2sccc2c1=O. The average Bonchev–Trinajstić information content (AvgIpc) is 2.80. The number of fused-ring (bicyclic) bond motifs is 1. The van der Waals surface area contributed by atoms with Gasteiger partial charge in [-0.3, -0.25) is 9.36 Å². The van der Waals surface area contributed by atoms with E-state index in [1.165, 1.54) is 11.3 Å². The van der Waals surface area contributed by atoms with E-state index in [0.29, 0.717) is 6.04 Å². The van der Waals surface area contributed by atoms with Crippen molar-refractivity contribution >= 4 is 21.6 Å². The Balaban J connectivity index is 1.91. The van der Waals surface area contributed by atoms with E-state index in [2.05, 4.69) is 24.1 Å². The molecule has 0 bridgehead atoms. The molecule has 0 unspecified atom stereocenters. The van der Waals surface area contributed by atoms with Gasteiger partial charge in [-0.1, -0.05) is 13.8 Å². The van der Waals surface area contributed by atoms with E-state index in [1.807, 2.05) is 11.4 Å². The van der Waals surface area contributed by atoms with E-state index in [1.54, 1.807) is 10.9 Å². The Morgan fingerprint density at radius 3 is 3.06 bits per heavy atom. The van der Waals surface area contributed by atoms with E-state index in [-0.39, 0.29) is 5.56 Å². The third-order valence-electron chi connectivity index (χ3n) is 2.83. The molecule has 0 amide bonds. The summed E-state index contributed by atoms with van der Waals surface area (Å²) in [6, 6.07) is 2.38. The summed E-state index contributed by atoms with van der Waals surface area (Å²) in [4.78, 5) is 17.2. The quantitative estimate of drug-likeness (QED) is 0.815. The van der Waals surface area contributed by atoms with Crippen LogP contribution < -0.4 is 10.9 Å². The zero-order valence-electron chi connectivity index (χ0n) is 10.8. The Morgan fingerprint density at radius 1 is 1.44 bits per heavy atom. The monoisotopic (exact) mass is 265 g/mol. The van der Waals surface area contributed by atoms with Crippen molar-refractivity contribution in [3.05, 3.63) is 28.1 Å². The smallest absolute Gasteiger partial charge is 0.262 e. The number of hydrogen-bond donors (Lipinski definition) is 1. The lowest BCUT2D eigenvalue weighted by Crippen LogP contribution is -2.24. The summed E-state index contributed by atoms with van der Waals surface area (Å²) in [6.45, 7) is 6.02. The van der Waals surface area contributed by atoms with Crippen molar-refractivity contribution in [3.8, 4) is 0 Å². The standard InChI is InChI=1S/C13H19N3OS/c1-10(2)14-6-3-4-7-16-9-15-12-11(13(16)17)5-8-18-12/h5,8-10,14H,3-4,6-7H2,1-2H3. The Kier molecular flexibility index (Phi) is 4.49. The number of unbranched alkanes of at least 4 members (excludes halogenated alkanes) is 1. The van der Waals surface area contributed by atoms with Crippen LogP contribution in [0, 0.1) is 0 Å². The molecule has 5 heteroatoms. The van der Waals surface area contributed by atoms with Gasteiger partial charge in [-0.2, -0.15) is 0 Å². The molecule has 0 saturated heterocycles. The van der Waals surface area contributed by atoms with Gasteiger partial charge in [0.2, 0.25) is 0 Å². The molecule has 0 radical (unpaired) electrons. The van der Waals surface area contributed by atoms with Crippen LogP contribution in [0.3, 0.4) is 0 Å². The van der Waals surface area contributed by atoms with Crippen LogP contribution in [0.1, 0.15) is 26.7 Å². The number of nitrogens with one attached hydrogen (secondary N) is 1. The summed E-state index contributed by atoms with van der Waals surface area (Å²) in [7, 11) is 0. The molecule has 18 heavy (non-hydrogen) atoms. The van der Waals surface area contributed by atoms with Gasteiger partial charge < -0.3 is 5.32 Å². The van der Waals surface area contributed by atoms with Gasteiger partial charge >= 0.3 is 0 Å². The third kappa shape index (κ3) is 3.17. The number of thiophene rings is 1. The van der Waals surface area contributed by atoms with Gasteiger partial charge in [0.05, 0.1) is 11.7 Å². The van der Waals surface area contributed by atoms with Crippen LogP contribution in [-0.2, 0) is 6.54 Å². The van der Waals surface area contributed by atoms with Crippen molar-refractivity contribution in [2.24, 2.45) is 0 Å². The largest absolute Gasteiger partial charge is 0.315 e. The lowest BCUT2D eigenvalue weighted by molar-refractivity contribution is 0.525. The van der Waals surface area contributed by atoms with Crippen LogP contribution in [0.5, 0.6) is 0 Å². The maximum Gasteiger partial charge on any atom is 0.262 e. The number of aromatic nitrogens is 2. The second-order valence-electron chi connectivity index (χ2n) is 4.70. The Bertz CT molecular complexity index is 559. The van der Waals surface area contributed by atoms with E-state index in [9.17, 15) is 4.79 Å². The fraction of sp³-hybridized carbons (Fsp3) is 0.538. The number of aryl methyl sites for hydroxylation is 1. The molecule has 2 rings (SSSR count). The maximum absolute atomic E-state index is 12.1. The summed E-state index contributed by atoms with van der Waals surface area (Å²) in [5.41, 5.74) is 0.0815. The first-order valence-corrected chi connectivity index (χ1v) is 7.22. The highest BCUT2D eigenvalue weighted by Gasteiger charge is 2.04. The Hall–Kier alpha value is -1.20. The van der Waals surface area contributed by atoms with Gasteiger partial charge in [-0.15, -0.1) is 11.3 Å². The molecule has 4 nitrogen and oxygen atoms in total. The first-order chi connectivity index (χ1) is 8.68. The van der Waals surface area contributed by atoms with E-state index in [0.717, 1.165) is 36.1 Å². The number of nitrogens with zero attached hydrogens (tertiary/aromatic N) is 2. The molecule has 0 aromatic carbocycles. The molecular weight excluding hydrogens is 246 g/mol. The molecule has 0 atom stereocenters. The molecule has 0 aliphatic rings. The van der Waals surface area contributed by atoms with Gasteiger partial charge in [0.15, 0.2) is 0 Å². The Morgan fingerprint density at radius 2 is 2.28 bits per heavy atom. The maximum atomic E-state index is 12.1. The van der Waals surface area contributed by atoms with Crippen LogP contribution in [0.4, 0.5) is 0 Å². The van der Waals surface area contributed by atoms with Gasteiger partial charge in [-0.25, -0.2) is 4.98 Å². The topological polar surface area (TPSA) is 46.9 Å². The van der Waals surface area contributed by atoms with E-state index >= 15 is 0 Å². The van der Waals surface area contributed by atoms with E-state index < -0.39 is 0 Å². The molecule has 98 valence electrons. The highest BCUT2D eigenvalue weighted by atomic mass is 32.1. The van der Waals surface area contributed by atoms with Crippen molar-refractivity contribution in [2.75, 3.05) is 6.54 Å². The minimum atomic E-state index is 0.0815. The Labute approximate surface area is 111 Å². The number of rotatable bonds is 6. The van der Waals surface area contributed by atoms with Crippen molar-refractivity contribution in [1.29, 1.82) is 0 Å². The molecule has 0 aliphatic carbocycles. The van der Waals surface area contributed by atoms with Gasteiger partial charge in [0.25, 0.3) is 5.56 Å². The zero-order chi connectivity index (χ0) is 13.0. The molecule has 2 aromatic rings. The normalized spacial score (nSPS) is 11.5. The van der Waals surface area contributed by atoms with Crippen LogP contribution in [-0.4, -0.2) is 22.1 Å². The van der Waals surface area contributed by atoms with Crippen molar-refractivity contribution in [1.82, 2.24) is 14.9 Å². The highest BCUT2D eigenvalue weighted by molar-refractivity contribution is 7.16. The second kappa shape index (κ2) is 6.11. The molecule has 0 saturated carbocycles. The van der Waals surface area contributed by atoms with E-state index in [4.69, 9.17) is 0 Å². The lowest BCUT2D eigenvalue weighted by Gasteiger charge is -2.08. The molecule has 0 aliphatic heterocycles. The van der Waals surface area contributed by atoms with Crippen LogP contribution >= 0.6 is 11.3 Å². The molecule has 1 N–H and O–H groups in total. The van der Waals surface area contributed by atoms with Crippen LogP contribution in [0.25, 0.3) is 10.2 Å². The minimum absolute atomic E-state index is 0.0815. The lowest BCUT2D eigenvalue weighted by atomic mass is 10.3. The minimum Gasteiger partial charge on any atom is -0.315 e. The van der Waals surface area contributed by atoms with Crippen LogP contribution in [0.2, 0.25) is 0 Å². The molecule has 2 aromatic heterocycles. The van der Waals surface area contributed by atoms with Gasteiger partial charge in [0, 0.05) is 12.6 Å². The summed E-state index contributed by atoms with van der Waals surface area (Å²) < 4.78 is 1.71. The summed E-state index contributed by atoms with van der Waals surface area (Å²) in [5, 5.41) is 6.02. The van der Waals surface area contributed by atoms with Crippen molar-refractivity contribution < 1.29 is 0 Å². The predicted molar refractivity (Wildman–Crippen MR) is 76.3 cm³/mol. The van der Waals surface area contributed by atoms with Crippen LogP contribution in [0.15, 0.2) is 22.6 Å². The highest BCUT2D eigenvalue weighted by Crippen LogP contribution is 2.13. The van der Waals surface area contributed by atoms with Gasteiger partial charge in [-0.05, 0) is 30.8 Å². The van der Waals surface area contributed by atoms with Crippen molar-refractivity contribution in [3.63, 3.8) is 0 Å². The fourth-order valence-corrected chi connectivity index (χ4v) is 2.57. The number of hydrogen-bond acceptors (Lipinski definition) is 4. The van der Waals surface area contributed by atoms with Gasteiger partial charge in [0.1, 0.15) is 4.83 Å². The molecule has 2 heterocycles. The molecule has 0 spiro atoms. The first kappa shape index (κ1) is 13.2. The first-order valence-electron chi connectivity index (χ1n) is 6.34. The third-order valence-corrected chi connectivity index (χ3v) is 3.65. The van der Waals surface area contributed by atoms with Crippen molar-refractivity contribution in [2.45, 2.75) is 39.3 Å².